The average Bonchev–Trinajstić information content (AvgIpc) is 2.22. The molecule has 0 amide bonds. The summed E-state index contributed by atoms with van der Waals surface area (Å²) in [6, 6.07) is 3.61. The van der Waals surface area contributed by atoms with Crippen LogP contribution in [-0.4, -0.2) is 18.3 Å². The predicted molar refractivity (Wildman–Crippen MR) is 62.4 cm³/mol. The van der Waals surface area contributed by atoms with E-state index in [-0.39, 0.29) is 6.61 Å². The third-order valence-corrected chi connectivity index (χ3v) is 2.62. The van der Waals surface area contributed by atoms with Gasteiger partial charge in [0.15, 0.2) is 11.5 Å². The van der Waals surface area contributed by atoms with Crippen LogP contribution in [0.2, 0.25) is 0 Å². The molecule has 0 unspecified atom stereocenters. The van der Waals surface area contributed by atoms with Crippen LogP contribution < -0.4 is 9.47 Å². The molecule has 1 rings (SSSR count). The molecule has 0 bridgehead atoms. The highest BCUT2D eigenvalue weighted by atomic mass is 79.9. The van der Waals surface area contributed by atoms with E-state index in [0.29, 0.717) is 24.7 Å². The van der Waals surface area contributed by atoms with Crippen molar-refractivity contribution in [2.24, 2.45) is 0 Å². The Balaban J connectivity index is 3.07. The summed E-state index contributed by atoms with van der Waals surface area (Å²) in [5, 5.41) is 9.11. The minimum atomic E-state index is -0.0208. The Bertz CT molecular complexity index is 326. The Morgan fingerprint density at radius 2 is 1.67 bits per heavy atom. The first-order chi connectivity index (χ1) is 7.22. The van der Waals surface area contributed by atoms with Crippen molar-refractivity contribution in [3.05, 3.63) is 22.2 Å². The van der Waals surface area contributed by atoms with E-state index in [0.717, 1.165) is 10.0 Å². The molecule has 0 saturated heterocycles. The number of ether oxygens (including phenoxy) is 2. The molecule has 0 atom stereocenters. The second kappa shape index (κ2) is 5.98. The number of benzene rings is 1. The average molecular weight is 275 g/mol. The van der Waals surface area contributed by atoms with E-state index >= 15 is 0 Å². The van der Waals surface area contributed by atoms with Gasteiger partial charge in [-0.2, -0.15) is 0 Å². The summed E-state index contributed by atoms with van der Waals surface area (Å²) in [7, 11) is 0. The maximum atomic E-state index is 9.11. The molecule has 0 aliphatic carbocycles. The largest absolute Gasteiger partial charge is 0.490 e. The van der Waals surface area contributed by atoms with Gasteiger partial charge in [0.2, 0.25) is 0 Å². The third-order valence-electron chi connectivity index (χ3n) is 1.88. The third kappa shape index (κ3) is 3.11. The minimum absolute atomic E-state index is 0.0208. The van der Waals surface area contributed by atoms with E-state index in [1.807, 2.05) is 19.9 Å². The minimum Gasteiger partial charge on any atom is -0.490 e. The molecule has 84 valence electrons. The highest BCUT2D eigenvalue weighted by Gasteiger charge is 2.09. The van der Waals surface area contributed by atoms with Gasteiger partial charge in [-0.3, -0.25) is 0 Å². The molecule has 0 aromatic heterocycles. The maximum absolute atomic E-state index is 9.11. The standard InChI is InChI=1S/C11H15BrO3/c1-3-14-10-5-8(7-13)9(12)6-11(10)15-4-2/h5-6,13H,3-4,7H2,1-2H3. The zero-order chi connectivity index (χ0) is 11.3. The van der Waals surface area contributed by atoms with Gasteiger partial charge >= 0.3 is 0 Å². The quantitative estimate of drug-likeness (QED) is 0.898. The first-order valence-electron chi connectivity index (χ1n) is 4.91. The monoisotopic (exact) mass is 274 g/mol. The number of aliphatic hydroxyl groups is 1. The smallest absolute Gasteiger partial charge is 0.162 e. The van der Waals surface area contributed by atoms with Crippen LogP contribution in [0.5, 0.6) is 11.5 Å². The van der Waals surface area contributed by atoms with Crippen molar-refractivity contribution in [2.75, 3.05) is 13.2 Å². The van der Waals surface area contributed by atoms with Crippen LogP contribution in [-0.2, 0) is 6.61 Å². The topological polar surface area (TPSA) is 38.7 Å². The molecule has 0 aliphatic heterocycles. The molecule has 1 N–H and O–H groups in total. The van der Waals surface area contributed by atoms with Gasteiger partial charge < -0.3 is 14.6 Å². The van der Waals surface area contributed by atoms with E-state index in [1.54, 1.807) is 6.07 Å². The van der Waals surface area contributed by atoms with Crippen LogP contribution >= 0.6 is 15.9 Å². The molecule has 1 aromatic carbocycles. The molecule has 3 nitrogen and oxygen atoms in total. The van der Waals surface area contributed by atoms with Crippen LogP contribution in [0.3, 0.4) is 0 Å². The van der Waals surface area contributed by atoms with E-state index < -0.39 is 0 Å². The summed E-state index contributed by atoms with van der Waals surface area (Å²) in [4.78, 5) is 0. The molecule has 0 fully saturated rings. The van der Waals surface area contributed by atoms with Crippen LogP contribution in [0.15, 0.2) is 16.6 Å². The summed E-state index contributed by atoms with van der Waals surface area (Å²) in [5.41, 5.74) is 0.793. The van der Waals surface area contributed by atoms with Crippen LogP contribution in [0.4, 0.5) is 0 Å². The number of halogens is 1. The van der Waals surface area contributed by atoms with Crippen LogP contribution in [0, 0.1) is 0 Å². The van der Waals surface area contributed by atoms with E-state index in [9.17, 15) is 0 Å². The van der Waals surface area contributed by atoms with E-state index in [2.05, 4.69) is 15.9 Å². The second-order valence-electron chi connectivity index (χ2n) is 2.91. The summed E-state index contributed by atoms with van der Waals surface area (Å²) in [5.74, 6) is 1.37. The van der Waals surface area contributed by atoms with Gasteiger partial charge in [0.05, 0.1) is 19.8 Å². The summed E-state index contributed by atoms with van der Waals surface area (Å²) >= 11 is 3.37. The number of hydrogen-bond acceptors (Lipinski definition) is 3. The molecule has 4 heteroatoms. The molecular formula is C11H15BrO3. The van der Waals surface area contributed by atoms with Gasteiger partial charge in [-0.05, 0) is 31.5 Å². The van der Waals surface area contributed by atoms with Crippen molar-refractivity contribution in [1.29, 1.82) is 0 Å². The Morgan fingerprint density at radius 1 is 1.13 bits per heavy atom. The molecule has 1 aromatic rings. The fourth-order valence-electron chi connectivity index (χ4n) is 1.24. The summed E-state index contributed by atoms with van der Waals surface area (Å²) in [6.07, 6.45) is 0. The van der Waals surface area contributed by atoms with Crippen molar-refractivity contribution in [2.45, 2.75) is 20.5 Å². The van der Waals surface area contributed by atoms with Crippen molar-refractivity contribution < 1.29 is 14.6 Å². The second-order valence-corrected chi connectivity index (χ2v) is 3.77. The van der Waals surface area contributed by atoms with Gasteiger partial charge in [0, 0.05) is 4.47 Å². The highest BCUT2D eigenvalue weighted by molar-refractivity contribution is 9.10. The zero-order valence-electron chi connectivity index (χ0n) is 8.92. The number of rotatable bonds is 5. The zero-order valence-corrected chi connectivity index (χ0v) is 10.5. The van der Waals surface area contributed by atoms with Crippen molar-refractivity contribution in [3.63, 3.8) is 0 Å². The predicted octanol–water partition coefficient (Wildman–Crippen LogP) is 2.74. The number of hydrogen-bond donors (Lipinski definition) is 1. The van der Waals surface area contributed by atoms with Gasteiger partial charge in [0.1, 0.15) is 0 Å². The molecule has 0 radical (unpaired) electrons. The van der Waals surface area contributed by atoms with E-state index in [1.165, 1.54) is 0 Å². The Labute approximate surface area is 98.1 Å². The summed E-state index contributed by atoms with van der Waals surface area (Å²) in [6.45, 7) is 4.98. The molecule has 15 heavy (non-hydrogen) atoms. The normalized spacial score (nSPS) is 10.1. The Kier molecular flexibility index (Phi) is 4.91. The number of aliphatic hydroxyl groups excluding tert-OH is 1. The fourth-order valence-corrected chi connectivity index (χ4v) is 1.68. The van der Waals surface area contributed by atoms with Crippen molar-refractivity contribution in [1.82, 2.24) is 0 Å². The Hall–Kier alpha value is -0.740. The lowest BCUT2D eigenvalue weighted by molar-refractivity contribution is 0.272. The first-order valence-corrected chi connectivity index (χ1v) is 5.71. The molecule has 0 heterocycles. The maximum Gasteiger partial charge on any atom is 0.162 e. The highest BCUT2D eigenvalue weighted by Crippen LogP contribution is 2.33. The van der Waals surface area contributed by atoms with Gasteiger partial charge in [-0.1, -0.05) is 15.9 Å². The van der Waals surface area contributed by atoms with Gasteiger partial charge in [-0.25, -0.2) is 0 Å². The first kappa shape index (κ1) is 12.3. The lowest BCUT2D eigenvalue weighted by Crippen LogP contribution is -2.00. The van der Waals surface area contributed by atoms with Crippen molar-refractivity contribution in [3.8, 4) is 11.5 Å². The van der Waals surface area contributed by atoms with Gasteiger partial charge in [-0.15, -0.1) is 0 Å². The summed E-state index contributed by atoms with van der Waals surface area (Å²) < 4.78 is 11.7. The SMILES string of the molecule is CCOc1cc(Br)c(CO)cc1OCC. The van der Waals surface area contributed by atoms with E-state index in [4.69, 9.17) is 14.6 Å². The fraction of sp³-hybridized carbons (Fsp3) is 0.455. The lowest BCUT2D eigenvalue weighted by atomic mass is 10.2. The Morgan fingerprint density at radius 3 is 2.13 bits per heavy atom. The molecule has 0 spiro atoms. The van der Waals surface area contributed by atoms with Crippen molar-refractivity contribution >= 4 is 15.9 Å². The lowest BCUT2D eigenvalue weighted by Gasteiger charge is -2.13. The molecule has 0 saturated carbocycles. The molecular weight excluding hydrogens is 260 g/mol. The molecule has 0 aliphatic rings. The van der Waals surface area contributed by atoms with Crippen LogP contribution in [0.25, 0.3) is 0 Å². The van der Waals surface area contributed by atoms with Gasteiger partial charge in [0.25, 0.3) is 0 Å². The van der Waals surface area contributed by atoms with Crippen LogP contribution in [0.1, 0.15) is 19.4 Å².